The molecule has 0 bridgehead atoms. The summed E-state index contributed by atoms with van der Waals surface area (Å²) in [6.45, 7) is 2.04. The second-order valence-electron chi connectivity index (χ2n) is 4.64. The number of rotatable bonds is 2. The lowest BCUT2D eigenvalue weighted by Crippen LogP contribution is -2.36. The summed E-state index contributed by atoms with van der Waals surface area (Å²) in [5, 5.41) is 0. The average Bonchev–Trinajstić information content (AvgIpc) is 3.03. The molecule has 1 saturated carbocycles. The first-order chi connectivity index (χ1) is 7.22. The minimum atomic E-state index is -0.139. The van der Waals surface area contributed by atoms with E-state index in [2.05, 4.69) is 4.90 Å². The minimum absolute atomic E-state index is 0.0267. The third-order valence-electron chi connectivity index (χ3n) is 3.56. The van der Waals surface area contributed by atoms with E-state index in [-0.39, 0.29) is 17.9 Å². The van der Waals surface area contributed by atoms with E-state index in [4.69, 9.17) is 10.5 Å². The molecule has 4 heteroatoms. The molecule has 2 unspecified atom stereocenters. The fourth-order valence-corrected chi connectivity index (χ4v) is 2.40. The first-order valence-corrected chi connectivity index (χ1v) is 5.80. The first kappa shape index (κ1) is 10.9. The number of likely N-dealkylation sites (tertiary alicyclic amines) is 1. The van der Waals surface area contributed by atoms with Crippen LogP contribution in [-0.4, -0.2) is 43.2 Å². The number of esters is 1. The fourth-order valence-electron chi connectivity index (χ4n) is 2.40. The molecule has 1 aliphatic carbocycles. The molecule has 0 aromatic carbocycles. The van der Waals surface area contributed by atoms with Crippen LogP contribution in [0.15, 0.2) is 0 Å². The van der Waals surface area contributed by atoms with E-state index in [0.717, 1.165) is 32.0 Å². The lowest BCUT2D eigenvalue weighted by atomic mass is 9.96. The van der Waals surface area contributed by atoms with Crippen LogP contribution in [-0.2, 0) is 9.53 Å². The highest BCUT2D eigenvalue weighted by Gasteiger charge is 2.35. The Morgan fingerprint density at radius 2 is 1.93 bits per heavy atom. The van der Waals surface area contributed by atoms with Crippen molar-refractivity contribution >= 4 is 5.97 Å². The Bertz CT molecular complexity index is 241. The van der Waals surface area contributed by atoms with E-state index in [1.165, 1.54) is 20.0 Å². The molecule has 1 heterocycles. The Labute approximate surface area is 90.8 Å². The molecule has 2 N–H and O–H groups in total. The molecule has 0 aromatic heterocycles. The maximum Gasteiger partial charge on any atom is 0.310 e. The second-order valence-corrected chi connectivity index (χ2v) is 4.64. The van der Waals surface area contributed by atoms with Gasteiger partial charge in [0, 0.05) is 12.1 Å². The maximum atomic E-state index is 11.5. The van der Waals surface area contributed by atoms with Crippen molar-refractivity contribution in [3.8, 4) is 0 Å². The van der Waals surface area contributed by atoms with Crippen LogP contribution in [0.4, 0.5) is 0 Å². The van der Waals surface area contributed by atoms with Crippen molar-refractivity contribution in [2.45, 2.75) is 37.8 Å². The van der Waals surface area contributed by atoms with Crippen LogP contribution < -0.4 is 5.73 Å². The van der Waals surface area contributed by atoms with E-state index >= 15 is 0 Å². The second kappa shape index (κ2) is 4.49. The summed E-state index contributed by atoms with van der Waals surface area (Å²) >= 11 is 0. The third-order valence-corrected chi connectivity index (χ3v) is 3.56. The molecule has 1 aliphatic heterocycles. The molecule has 2 aliphatic rings. The summed E-state index contributed by atoms with van der Waals surface area (Å²) in [5.74, 6) is -0.237. The molecule has 1 saturated heterocycles. The van der Waals surface area contributed by atoms with E-state index in [1.807, 2.05) is 0 Å². The van der Waals surface area contributed by atoms with Crippen molar-refractivity contribution in [2.75, 3.05) is 20.2 Å². The molecule has 0 amide bonds. The number of hydrogen-bond donors (Lipinski definition) is 1. The van der Waals surface area contributed by atoms with E-state index < -0.39 is 0 Å². The predicted octanol–water partition coefficient (Wildman–Crippen LogP) is 0.361. The smallest absolute Gasteiger partial charge is 0.310 e. The number of hydrogen-bond acceptors (Lipinski definition) is 4. The molecule has 15 heavy (non-hydrogen) atoms. The van der Waals surface area contributed by atoms with Crippen molar-refractivity contribution in [3.63, 3.8) is 0 Å². The molecule has 2 atom stereocenters. The third kappa shape index (κ3) is 2.49. The lowest BCUT2D eigenvalue weighted by molar-refractivity contribution is -0.146. The van der Waals surface area contributed by atoms with E-state index in [9.17, 15) is 4.79 Å². The molecule has 4 nitrogen and oxygen atoms in total. The van der Waals surface area contributed by atoms with Gasteiger partial charge in [0.15, 0.2) is 0 Å². The van der Waals surface area contributed by atoms with Gasteiger partial charge < -0.3 is 15.4 Å². The number of nitrogens with two attached hydrogens (primary N) is 1. The molecule has 86 valence electrons. The van der Waals surface area contributed by atoms with Gasteiger partial charge in [-0.3, -0.25) is 4.79 Å². The summed E-state index contributed by atoms with van der Waals surface area (Å²) in [7, 11) is 1.44. The van der Waals surface area contributed by atoms with Gasteiger partial charge in [-0.2, -0.15) is 0 Å². The van der Waals surface area contributed by atoms with Crippen LogP contribution in [0.1, 0.15) is 25.7 Å². The Morgan fingerprint density at radius 1 is 1.27 bits per heavy atom. The zero-order chi connectivity index (χ0) is 10.8. The van der Waals surface area contributed by atoms with Crippen LogP contribution in [0, 0.1) is 5.92 Å². The van der Waals surface area contributed by atoms with Gasteiger partial charge in [0.05, 0.1) is 13.0 Å². The molecule has 2 rings (SSSR count). The van der Waals surface area contributed by atoms with Crippen molar-refractivity contribution in [2.24, 2.45) is 11.7 Å². The van der Waals surface area contributed by atoms with Gasteiger partial charge in [-0.1, -0.05) is 0 Å². The number of nitrogens with zero attached hydrogens (tertiary/aromatic N) is 1. The largest absolute Gasteiger partial charge is 0.469 e. The Kier molecular flexibility index (Phi) is 3.26. The highest BCUT2D eigenvalue weighted by molar-refractivity contribution is 5.73. The van der Waals surface area contributed by atoms with Gasteiger partial charge >= 0.3 is 5.97 Å². The zero-order valence-electron chi connectivity index (χ0n) is 9.32. The summed E-state index contributed by atoms with van der Waals surface area (Å²) in [5.41, 5.74) is 6.01. The van der Waals surface area contributed by atoms with Gasteiger partial charge in [-0.15, -0.1) is 0 Å². The van der Waals surface area contributed by atoms with Gasteiger partial charge in [-0.05, 0) is 38.8 Å². The van der Waals surface area contributed by atoms with Gasteiger partial charge in [0.1, 0.15) is 0 Å². The Balaban J connectivity index is 1.93. The van der Waals surface area contributed by atoms with Gasteiger partial charge in [0.25, 0.3) is 0 Å². The van der Waals surface area contributed by atoms with Gasteiger partial charge in [-0.25, -0.2) is 0 Å². The summed E-state index contributed by atoms with van der Waals surface area (Å²) in [4.78, 5) is 14.0. The number of ether oxygens (including phenoxy) is 1. The minimum Gasteiger partial charge on any atom is -0.469 e. The standard InChI is InChI=1S/C11H20N2O2/c1-15-11(14)9-4-6-13(8-2-3-8)7-5-10(9)12/h8-10H,2-7,12H2,1H3. The van der Waals surface area contributed by atoms with E-state index in [1.54, 1.807) is 0 Å². The van der Waals surface area contributed by atoms with Crippen molar-refractivity contribution < 1.29 is 9.53 Å². The van der Waals surface area contributed by atoms with Crippen molar-refractivity contribution in [1.82, 2.24) is 4.90 Å². The number of carbonyl (C=O) groups is 1. The summed E-state index contributed by atoms with van der Waals surface area (Å²) in [6.07, 6.45) is 4.40. The van der Waals surface area contributed by atoms with Gasteiger partial charge in [0.2, 0.25) is 0 Å². The molecule has 0 aromatic rings. The van der Waals surface area contributed by atoms with Crippen LogP contribution >= 0.6 is 0 Å². The topological polar surface area (TPSA) is 55.6 Å². The Morgan fingerprint density at radius 3 is 2.53 bits per heavy atom. The summed E-state index contributed by atoms with van der Waals surface area (Å²) < 4.78 is 4.79. The number of carbonyl (C=O) groups excluding carboxylic acids is 1. The maximum absolute atomic E-state index is 11.5. The fraction of sp³-hybridized carbons (Fsp3) is 0.909. The average molecular weight is 212 g/mol. The number of methoxy groups -OCH3 is 1. The summed E-state index contributed by atoms with van der Waals surface area (Å²) in [6, 6.07) is 0.745. The lowest BCUT2D eigenvalue weighted by Gasteiger charge is -2.18. The SMILES string of the molecule is COC(=O)C1CCN(C2CC2)CCC1N. The molecular weight excluding hydrogens is 192 g/mol. The van der Waals surface area contributed by atoms with Crippen LogP contribution in [0.3, 0.4) is 0 Å². The first-order valence-electron chi connectivity index (χ1n) is 5.80. The van der Waals surface area contributed by atoms with Crippen LogP contribution in [0.5, 0.6) is 0 Å². The monoisotopic (exact) mass is 212 g/mol. The molecule has 2 fully saturated rings. The van der Waals surface area contributed by atoms with Crippen LogP contribution in [0.2, 0.25) is 0 Å². The van der Waals surface area contributed by atoms with Crippen LogP contribution in [0.25, 0.3) is 0 Å². The predicted molar refractivity (Wildman–Crippen MR) is 57.3 cm³/mol. The molecular formula is C11H20N2O2. The highest BCUT2D eigenvalue weighted by Crippen LogP contribution is 2.30. The molecule has 0 radical (unpaired) electrons. The van der Waals surface area contributed by atoms with Crippen molar-refractivity contribution in [3.05, 3.63) is 0 Å². The Hall–Kier alpha value is -0.610. The highest BCUT2D eigenvalue weighted by atomic mass is 16.5. The van der Waals surface area contributed by atoms with Crippen molar-refractivity contribution in [1.29, 1.82) is 0 Å². The quantitative estimate of drug-likeness (QED) is 0.672. The normalized spacial score (nSPS) is 33.5. The van der Waals surface area contributed by atoms with E-state index in [0.29, 0.717) is 0 Å². The zero-order valence-corrected chi connectivity index (χ0v) is 9.32. The molecule has 0 spiro atoms.